The van der Waals surface area contributed by atoms with Crippen molar-refractivity contribution in [2.24, 2.45) is 17.3 Å². The monoisotopic (exact) mass is 180 g/mol. The highest BCUT2D eigenvalue weighted by Crippen LogP contribution is 2.53. The summed E-state index contributed by atoms with van der Waals surface area (Å²) in [5, 5.41) is 0. The minimum absolute atomic E-state index is 0.0295. The van der Waals surface area contributed by atoms with Crippen LogP contribution in [0.15, 0.2) is 11.8 Å². The molecule has 13 heavy (non-hydrogen) atoms. The second kappa shape index (κ2) is 2.60. The molecular formula is C11H16O2. The summed E-state index contributed by atoms with van der Waals surface area (Å²) in [6.45, 7) is 6.40. The quantitative estimate of drug-likeness (QED) is 0.535. The third-order valence-electron chi connectivity index (χ3n) is 3.88. The molecule has 1 fully saturated rings. The van der Waals surface area contributed by atoms with Crippen molar-refractivity contribution in [1.82, 2.24) is 0 Å². The van der Waals surface area contributed by atoms with Gasteiger partial charge in [-0.05, 0) is 31.3 Å². The number of carbonyl (C=O) groups excluding carboxylic acids is 1. The topological polar surface area (TPSA) is 26.3 Å². The van der Waals surface area contributed by atoms with Crippen molar-refractivity contribution in [2.75, 3.05) is 0 Å². The zero-order valence-electron chi connectivity index (χ0n) is 8.46. The Morgan fingerprint density at radius 3 is 2.92 bits per heavy atom. The number of rotatable bonds is 0. The maximum Gasteiger partial charge on any atom is 0.314 e. The normalized spacial score (nSPS) is 43.9. The molecule has 0 unspecified atom stereocenters. The first-order valence-corrected chi connectivity index (χ1v) is 4.93. The highest BCUT2D eigenvalue weighted by atomic mass is 16.5. The summed E-state index contributed by atoms with van der Waals surface area (Å²) < 4.78 is 5.04. The molecule has 0 aromatic carbocycles. The fourth-order valence-electron chi connectivity index (χ4n) is 2.77. The van der Waals surface area contributed by atoms with Gasteiger partial charge in [-0.1, -0.05) is 13.8 Å². The van der Waals surface area contributed by atoms with Crippen LogP contribution in [-0.4, -0.2) is 5.97 Å². The first kappa shape index (κ1) is 8.79. The third kappa shape index (κ3) is 1.04. The van der Waals surface area contributed by atoms with Gasteiger partial charge < -0.3 is 4.74 Å². The van der Waals surface area contributed by atoms with Crippen LogP contribution in [0.1, 0.15) is 33.6 Å². The van der Waals surface area contributed by atoms with E-state index in [1.807, 2.05) is 0 Å². The van der Waals surface area contributed by atoms with Crippen LogP contribution in [-0.2, 0) is 9.53 Å². The lowest BCUT2D eigenvalue weighted by atomic mass is 9.72. The molecule has 2 aliphatic rings. The first-order chi connectivity index (χ1) is 6.05. The fraction of sp³-hybridized carbons (Fsp3) is 0.727. The zero-order valence-corrected chi connectivity index (χ0v) is 8.46. The van der Waals surface area contributed by atoms with E-state index in [2.05, 4.69) is 20.8 Å². The Hall–Kier alpha value is -0.790. The summed E-state index contributed by atoms with van der Waals surface area (Å²) in [5.74, 6) is 0.539. The van der Waals surface area contributed by atoms with Crippen LogP contribution >= 0.6 is 0 Å². The molecule has 72 valence electrons. The molecule has 1 aliphatic carbocycles. The van der Waals surface area contributed by atoms with Crippen LogP contribution in [0.25, 0.3) is 0 Å². The number of ether oxygens (including phenoxy) is 1. The van der Waals surface area contributed by atoms with E-state index in [4.69, 9.17) is 4.74 Å². The predicted molar refractivity (Wildman–Crippen MR) is 49.8 cm³/mol. The SMILES string of the molecule is CC1=COC(=O)[C@@H]2[C@@H](C)CC[C@]12C. The molecule has 2 rings (SSSR count). The number of carbonyl (C=O) groups is 1. The molecule has 1 aliphatic heterocycles. The van der Waals surface area contributed by atoms with Gasteiger partial charge in [-0.3, -0.25) is 4.79 Å². The first-order valence-electron chi connectivity index (χ1n) is 4.93. The van der Waals surface area contributed by atoms with E-state index in [0.29, 0.717) is 5.92 Å². The average Bonchev–Trinajstić information content (AvgIpc) is 2.38. The molecule has 2 nitrogen and oxygen atoms in total. The summed E-state index contributed by atoms with van der Waals surface area (Å²) in [6, 6.07) is 0. The summed E-state index contributed by atoms with van der Waals surface area (Å²) in [5.41, 5.74) is 1.30. The van der Waals surface area contributed by atoms with Crippen molar-refractivity contribution in [3.8, 4) is 0 Å². The van der Waals surface area contributed by atoms with Crippen molar-refractivity contribution in [2.45, 2.75) is 33.6 Å². The molecule has 0 aromatic heterocycles. The molecule has 0 radical (unpaired) electrons. The van der Waals surface area contributed by atoms with E-state index in [9.17, 15) is 4.79 Å². The van der Waals surface area contributed by atoms with Gasteiger partial charge in [0.05, 0.1) is 12.2 Å². The fourth-order valence-corrected chi connectivity index (χ4v) is 2.77. The van der Waals surface area contributed by atoms with Crippen LogP contribution < -0.4 is 0 Å². The molecule has 0 saturated heterocycles. The van der Waals surface area contributed by atoms with Crippen LogP contribution in [0.5, 0.6) is 0 Å². The maximum absolute atomic E-state index is 11.6. The molecular weight excluding hydrogens is 164 g/mol. The lowest BCUT2D eigenvalue weighted by Gasteiger charge is -2.35. The van der Waals surface area contributed by atoms with Crippen LogP contribution in [0.4, 0.5) is 0 Å². The van der Waals surface area contributed by atoms with Gasteiger partial charge in [-0.15, -0.1) is 0 Å². The smallest absolute Gasteiger partial charge is 0.314 e. The van der Waals surface area contributed by atoms with E-state index in [0.717, 1.165) is 12.8 Å². The largest absolute Gasteiger partial charge is 0.434 e. The molecule has 1 saturated carbocycles. The molecule has 2 heteroatoms. The van der Waals surface area contributed by atoms with E-state index in [1.54, 1.807) is 6.26 Å². The van der Waals surface area contributed by atoms with Gasteiger partial charge in [0.15, 0.2) is 0 Å². The Kier molecular flexibility index (Phi) is 1.76. The molecule has 1 heterocycles. The predicted octanol–water partition coefficient (Wildman–Crippen LogP) is 2.50. The Morgan fingerprint density at radius 1 is 1.62 bits per heavy atom. The van der Waals surface area contributed by atoms with E-state index in [-0.39, 0.29) is 17.3 Å². The molecule has 0 spiro atoms. The lowest BCUT2D eigenvalue weighted by molar-refractivity contribution is -0.149. The van der Waals surface area contributed by atoms with Crippen LogP contribution in [0.3, 0.4) is 0 Å². The van der Waals surface area contributed by atoms with Gasteiger partial charge in [0, 0.05) is 5.41 Å². The second-order valence-electron chi connectivity index (χ2n) is 4.65. The van der Waals surface area contributed by atoms with E-state index in [1.165, 1.54) is 5.57 Å². The van der Waals surface area contributed by atoms with Gasteiger partial charge >= 0.3 is 5.97 Å². The summed E-state index contributed by atoms with van der Waals surface area (Å²) in [4.78, 5) is 11.6. The molecule has 0 amide bonds. The number of allylic oxidation sites excluding steroid dienone is 1. The number of fused-ring (bicyclic) bond motifs is 1. The number of hydrogen-bond donors (Lipinski definition) is 0. The summed E-state index contributed by atoms with van der Waals surface area (Å²) in [6.07, 6.45) is 3.90. The van der Waals surface area contributed by atoms with Gasteiger partial charge in [-0.2, -0.15) is 0 Å². The van der Waals surface area contributed by atoms with Gasteiger partial charge in [0.1, 0.15) is 0 Å². The number of hydrogen-bond acceptors (Lipinski definition) is 2. The van der Waals surface area contributed by atoms with Gasteiger partial charge in [0.25, 0.3) is 0 Å². The lowest BCUT2D eigenvalue weighted by Crippen LogP contribution is -2.36. The van der Waals surface area contributed by atoms with Crippen LogP contribution in [0.2, 0.25) is 0 Å². The second-order valence-corrected chi connectivity index (χ2v) is 4.65. The average molecular weight is 180 g/mol. The Balaban J connectivity index is 2.43. The highest BCUT2D eigenvalue weighted by Gasteiger charge is 2.51. The van der Waals surface area contributed by atoms with Crippen molar-refractivity contribution in [3.63, 3.8) is 0 Å². The van der Waals surface area contributed by atoms with Crippen molar-refractivity contribution in [3.05, 3.63) is 11.8 Å². The molecule has 0 bridgehead atoms. The Bertz CT molecular complexity index is 280. The van der Waals surface area contributed by atoms with Gasteiger partial charge in [0.2, 0.25) is 0 Å². The van der Waals surface area contributed by atoms with Crippen molar-refractivity contribution in [1.29, 1.82) is 0 Å². The minimum Gasteiger partial charge on any atom is -0.434 e. The Morgan fingerprint density at radius 2 is 2.31 bits per heavy atom. The minimum atomic E-state index is -0.0295. The number of esters is 1. The zero-order chi connectivity index (χ0) is 9.64. The number of cyclic esters (lactones) is 1. The van der Waals surface area contributed by atoms with Gasteiger partial charge in [-0.25, -0.2) is 0 Å². The third-order valence-corrected chi connectivity index (χ3v) is 3.88. The van der Waals surface area contributed by atoms with Crippen molar-refractivity contribution >= 4 is 5.97 Å². The summed E-state index contributed by atoms with van der Waals surface area (Å²) >= 11 is 0. The van der Waals surface area contributed by atoms with Crippen LogP contribution in [0, 0.1) is 17.3 Å². The molecule has 3 atom stereocenters. The van der Waals surface area contributed by atoms with E-state index >= 15 is 0 Å². The summed E-state index contributed by atoms with van der Waals surface area (Å²) in [7, 11) is 0. The molecule has 0 aromatic rings. The molecule has 0 N–H and O–H groups in total. The van der Waals surface area contributed by atoms with E-state index < -0.39 is 0 Å². The van der Waals surface area contributed by atoms with Crippen molar-refractivity contribution < 1.29 is 9.53 Å². The Labute approximate surface area is 79.0 Å². The highest BCUT2D eigenvalue weighted by molar-refractivity contribution is 5.77. The standard InChI is InChI=1S/C11H16O2/c1-7-4-5-11(3)8(2)6-13-10(12)9(7)11/h6-7,9H,4-5H2,1-3H3/t7-,9-,11+/m0/s1. The maximum atomic E-state index is 11.6.